The van der Waals surface area contributed by atoms with E-state index >= 15 is 0 Å². The van der Waals surface area contributed by atoms with Crippen LogP contribution >= 0.6 is 11.3 Å². The third-order valence-electron chi connectivity index (χ3n) is 2.12. The van der Waals surface area contributed by atoms with Gasteiger partial charge in [-0.25, -0.2) is 4.79 Å². The summed E-state index contributed by atoms with van der Waals surface area (Å²) in [5.74, 6) is -0.723. The number of thiophene rings is 1. The Morgan fingerprint density at radius 1 is 1.44 bits per heavy atom. The normalized spacial score (nSPS) is 11.9. The first-order valence-electron chi connectivity index (χ1n) is 5.74. The molecule has 0 aliphatic rings. The Morgan fingerprint density at radius 3 is 2.83 bits per heavy atom. The molecule has 1 amide bonds. The van der Waals surface area contributed by atoms with E-state index in [2.05, 4.69) is 5.32 Å². The van der Waals surface area contributed by atoms with Crippen LogP contribution in [0.2, 0.25) is 0 Å². The lowest BCUT2D eigenvalue weighted by Crippen LogP contribution is -2.39. The second-order valence-corrected chi connectivity index (χ2v) is 4.48. The zero-order chi connectivity index (χ0) is 13.4. The van der Waals surface area contributed by atoms with Crippen LogP contribution in [0.3, 0.4) is 0 Å². The van der Waals surface area contributed by atoms with E-state index in [0.29, 0.717) is 18.1 Å². The van der Waals surface area contributed by atoms with Crippen molar-refractivity contribution < 1.29 is 19.1 Å². The van der Waals surface area contributed by atoms with Crippen molar-refractivity contribution in [2.45, 2.75) is 19.9 Å². The van der Waals surface area contributed by atoms with Gasteiger partial charge in [0.1, 0.15) is 12.6 Å². The van der Waals surface area contributed by atoms with Crippen LogP contribution in [0.4, 0.5) is 0 Å². The van der Waals surface area contributed by atoms with E-state index in [4.69, 9.17) is 9.47 Å². The third-order valence-corrected chi connectivity index (χ3v) is 2.99. The Morgan fingerprint density at radius 2 is 2.22 bits per heavy atom. The summed E-state index contributed by atoms with van der Waals surface area (Å²) < 4.78 is 9.99. The van der Waals surface area contributed by atoms with Gasteiger partial charge < -0.3 is 14.8 Å². The van der Waals surface area contributed by atoms with E-state index in [0.717, 1.165) is 0 Å². The van der Waals surface area contributed by atoms with Gasteiger partial charge >= 0.3 is 5.97 Å². The second kappa shape index (κ2) is 7.84. The van der Waals surface area contributed by atoms with Crippen molar-refractivity contribution >= 4 is 23.2 Å². The molecule has 0 aliphatic carbocycles. The van der Waals surface area contributed by atoms with Crippen molar-refractivity contribution in [3.05, 3.63) is 22.4 Å². The number of carbonyl (C=O) groups is 2. The fourth-order valence-corrected chi connectivity index (χ4v) is 1.83. The molecule has 1 unspecified atom stereocenters. The van der Waals surface area contributed by atoms with Crippen molar-refractivity contribution in [2.75, 3.05) is 19.8 Å². The van der Waals surface area contributed by atoms with E-state index in [9.17, 15) is 9.59 Å². The summed E-state index contributed by atoms with van der Waals surface area (Å²) in [5, 5.41) is 4.38. The topological polar surface area (TPSA) is 64.6 Å². The average molecular weight is 271 g/mol. The van der Waals surface area contributed by atoms with Gasteiger partial charge in [0, 0.05) is 6.61 Å². The lowest BCUT2D eigenvalue weighted by Gasteiger charge is -2.12. The number of amides is 1. The van der Waals surface area contributed by atoms with Gasteiger partial charge in [0.05, 0.1) is 11.5 Å². The van der Waals surface area contributed by atoms with Crippen LogP contribution in [0.1, 0.15) is 23.5 Å². The zero-order valence-corrected chi connectivity index (χ0v) is 11.3. The van der Waals surface area contributed by atoms with Crippen molar-refractivity contribution in [3.63, 3.8) is 0 Å². The summed E-state index contributed by atoms with van der Waals surface area (Å²) in [6, 6.07) is 2.82. The van der Waals surface area contributed by atoms with Gasteiger partial charge in [-0.2, -0.15) is 0 Å². The van der Waals surface area contributed by atoms with Crippen LogP contribution in [0.15, 0.2) is 17.5 Å². The highest BCUT2D eigenvalue weighted by Gasteiger charge is 2.18. The summed E-state index contributed by atoms with van der Waals surface area (Å²) in [6.45, 7) is 4.61. The van der Waals surface area contributed by atoms with Gasteiger partial charge in [0.15, 0.2) is 0 Å². The number of ether oxygens (including phenoxy) is 2. The third kappa shape index (κ3) is 4.85. The number of hydrogen-bond acceptors (Lipinski definition) is 5. The number of nitrogens with one attached hydrogen (secondary N) is 1. The predicted molar refractivity (Wildman–Crippen MR) is 68.7 cm³/mol. The van der Waals surface area contributed by atoms with Crippen LogP contribution in [-0.2, 0) is 14.3 Å². The van der Waals surface area contributed by atoms with Gasteiger partial charge in [-0.05, 0) is 25.3 Å². The molecule has 0 radical (unpaired) electrons. The van der Waals surface area contributed by atoms with Crippen molar-refractivity contribution in [3.8, 4) is 0 Å². The van der Waals surface area contributed by atoms with Crippen LogP contribution < -0.4 is 5.32 Å². The Labute approximate surface area is 110 Å². The highest BCUT2D eigenvalue weighted by atomic mass is 32.1. The Bertz CT molecular complexity index is 377. The molecule has 100 valence electrons. The van der Waals surface area contributed by atoms with E-state index in [1.807, 2.05) is 6.92 Å². The first-order valence-corrected chi connectivity index (χ1v) is 6.62. The minimum atomic E-state index is -0.666. The lowest BCUT2D eigenvalue weighted by molar-refractivity contribution is -0.146. The van der Waals surface area contributed by atoms with Gasteiger partial charge in [0.2, 0.25) is 0 Å². The molecule has 1 atom stereocenters. The van der Waals surface area contributed by atoms with Crippen molar-refractivity contribution in [1.82, 2.24) is 5.32 Å². The average Bonchev–Trinajstić information content (AvgIpc) is 2.88. The van der Waals surface area contributed by atoms with Crippen molar-refractivity contribution in [2.24, 2.45) is 0 Å². The molecular weight excluding hydrogens is 254 g/mol. The van der Waals surface area contributed by atoms with Gasteiger partial charge in [-0.1, -0.05) is 6.07 Å². The molecule has 1 aromatic heterocycles. The van der Waals surface area contributed by atoms with Gasteiger partial charge in [-0.3, -0.25) is 4.79 Å². The molecule has 1 heterocycles. The minimum Gasteiger partial charge on any atom is -0.462 e. The molecule has 0 fully saturated rings. The van der Waals surface area contributed by atoms with Crippen LogP contribution in [-0.4, -0.2) is 37.7 Å². The largest absolute Gasteiger partial charge is 0.462 e. The predicted octanol–water partition coefficient (Wildman–Crippen LogP) is 1.45. The van der Waals surface area contributed by atoms with Crippen LogP contribution in [0, 0.1) is 0 Å². The Hall–Kier alpha value is -1.40. The molecule has 6 heteroatoms. The maximum atomic E-state index is 11.7. The highest BCUT2D eigenvalue weighted by molar-refractivity contribution is 7.12. The summed E-state index contributed by atoms with van der Waals surface area (Å²) in [7, 11) is 0. The fourth-order valence-electron chi connectivity index (χ4n) is 1.20. The summed E-state index contributed by atoms with van der Waals surface area (Å²) in [4.78, 5) is 23.8. The molecule has 0 saturated heterocycles. The van der Waals surface area contributed by atoms with E-state index < -0.39 is 12.0 Å². The van der Waals surface area contributed by atoms with E-state index in [1.165, 1.54) is 11.3 Å². The maximum absolute atomic E-state index is 11.7. The molecule has 0 saturated carbocycles. The first kappa shape index (κ1) is 14.7. The molecular formula is C12H17NO4S. The monoisotopic (exact) mass is 271 g/mol. The highest BCUT2D eigenvalue weighted by Crippen LogP contribution is 2.08. The molecule has 0 aliphatic heterocycles. The van der Waals surface area contributed by atoms with E-state index in [-0.39, 0.29) is 12.5 Å². The second-order valence-electron chi connectivity index (χ2n) is 3.54. The minimum absolute atomic E-state index is 0.200. The molecule has 18 heavy (non-hydrogen) atoms. The molecule has 0 spiro atoms. The molecule has 0 bridgehead atoms. The van der Waals surface area contributed by atoms with Gasteiger partial charge in [0.25, 0.3) is 5.91 Å². The standard InChI is InChI=1S/C12H17NO4S/c1-3-16-6-7-17-12(15)9(2)13-11(14)10-5-4-8-18-10/h4-5,8-9H,3,6-7H2,1-2H3,(H,13,14). The summed E-state index contributed by atoms with van der Waals surface area (Å²) in [5.41, 5.74) is 0. The number of hydrogen-bond donors (Lipinski definition) is 1. The maximum Gasteiger partial charge on any atom is 0.328 e. The number of carbonyl (C=O) groups excluding carboxylic acids is 2. The molecule has 1 aromatic rings. The smallest absolute Gasteiger partial charge is 0.328 e. The summed E-state index contributed by atoms with van der Waals surface area (Å²) >= 11 is 1.33. The van der Waals surface area contributed by atoms with Crippen LogP contribution in [0.25, 0.3) is 0 Å². The number of rotatable bonds is 7. The Kier molecular flexibility index (Phi) is 6.38. The Balaban J connectivity index is 2.29. The zero-order valence-electron chi connectivity index (χ0n) is 10.5. The first-order chi connectivity index (χ1) is 8.65. The summed E-state index contributed by atoms with van der Waals surface area (Å²) in [6.07, 6.45) is 0. The molecule has 1 N–H and O–H groups in total. The quantitative estimate of drug-likeness (QED) is 0.602. The lowest BCUT2D eigenvalue weighted by atomic mass is 10.3. The molecule has 5 nitrogen and oxygen atoms in total. The van der Waals surface area contributed by atoms with Crippen molar-refractivity contribution in [1.29, 1.82) is 0 Å². The van der Waals surface area contributed by atoms with Crippen LogP contribution in [0.5, 0.6) is 0 Å². The number of esters is 1. The molecule has 1 rings (SSSR count). The molecule has 0 aromatic carbocycles. The van der Waals surface area contributed by atoms with E-state index in [1.54, 1.807) is 24.4 Å². The SMILES string of the molecule is CCOCCOC(=O)C(C)NC(=O)c1cccs1. The fraction of sp³-hybridized carbons (Fsp3) is 0.500. The van der Waals surface area contributed by atoms with Gasteiger partial charge in [-0.15, -0.1) is 11.3 Å².